The molecule has 0 spiro atoms. The lowest BCUT2D eigenvalue weighted by molar-refractivity contribution is 0.0697. The standard InChI is InChI=1S/C20H17N5O3/c1-12-17(25-11-3-4-16(28-2)18(25)22-12)15-9-10-21-20(24-15)23-14-7-5-13(6-8-14)19(26)27/h3-11H,1-2H3,(H,26,27)(H,21,23,24). The van der Waals surface area contributed by atoms with E-state index in [0.29, 0.717) is 23.1 Å². The molecule has 0 radical (unpaired) electrons. The number of anilines is 2. The van der Waals surface area contributed by atoms with E-state index in [1.54, 1.807) is 25.4 Å². The number of aryl methyl sites for hydroxylation is 1. The highest BCUT2D eigenvalue weighted by molar-refractivity contribution is 5.88. The second-order valence-electron chi connectivity index (χ2n) is 6.09. The monoisotopic (exact) mass is 375 g/mol. The summed E-state index contributed by atoms with van der Waals surface area (Å²) in [7, 11) is 1.61. The Bertz CT molecular complexity index is 1170. The van der Waals surface area contributed by atoms with Crippen molar-refractivity contribution in [2.75, 3.05) is 12.4 Å². The number of carboxylic acids is 1. The number of fused-ring (bicyclic) bond motifs is 1. The maximum absolute atomic E-state index is 11.0. The van der Waals surface area contributed by atoms with Crippen LogP contribution in [0.25, 0.3) is 17.0 Å². The number of imidazole rings is 1. The molecule has 1 aromatic carbocycles. The van der Waals surface area contributed by atoms with Gasteiger partial charge < -0.3 is 15.2 Å². The van der Waals surface area contributed by atoms with E-state index in [1.807, 2.05) is 35.7 Å². The van der Waals surface area contributed by atoms with Crippen molar-refractivity contribution >= 4 is 23.3 Å². The lowest BCUT2D eigenvalue weighted by Crippen LogP contribution is -2.01. The molecule has 4 rings (SSSR count). The first-order valence-corrected chi connectivity index (χ1v) is 8.52. The summed E-state index contributed by atoms with van der Waals surface area (Å²) >= 11 is 0. The predicted molar refractivity (Wildman–Crippen MR) is 104 cm³/mol. The summed E-state index contributed by atoms with van der Waals surface area (Å²) in [5.41, 5.74) is 4.00. The van der Waals surface area contributed by atoms with Gasteiger partial charge in [-0.25, -0.2) is 19.7 Å². The van der Waals surface area contributed by atoms with Gasteiger partial charge in [-0.05, 0) is 49.4 Å². The second kappa shape index (κ2) is 6.99. The van der Waals surface area contributed by atoms with E-state index in [1.165, 1.54) is 12.1 Å². The number of pyridine rings is 1. The van der Waals surface area contributed by atoms with Gasteiger partial charge in [0.25, 0.3) is 0 Å². The van der Waals surface area contributed by atoms with Gasteiger partial charge in [-0.2, -0.15) is 0 Å². The number of carboxylic acid groups (broad SMARTS) is 1. The highest BCUT2D eigenvalue weighted by Gasteiger charge is 2.15. The number of aromatic nitrogens is 4. The van der Waals surface area contributed by atoms with E-state index in [9.17, 15) is 4.79 Å². The van der Waals surface area contributed by atoms with Gasteiger partial charge in [-0.1, -0.05) is 0 Å². The van der Waals surface area contributed by atoms with Gasteiger partial charge in [0, 0.05) is 18.1 Å². The second-order valence-corrected chi connectivity index (χ2v) is 6.09. The molecule has 0 amide bonds. The molecular formula is C20H17N5O3. The van der Waals surface area contributed by atoms with Gasteiger partial charge in [0.05, 0.1) is 29.8 Å². The van der Waals surface area contributed by atoms with Gasteiger partial charge >= 0.3 is 5.97 Å². The number of hydrogen-bond donors (Lipinski definition) is 2. The first-order valence-electron chi connectivity index (χ1n) is 8.52. The Morgan fingerprint density at radius 2 is 1.93 bits per heavy atom. The van der Waals surface area contributed by atoms with Crippen LogP contribution in [0.4, 0.5) is 11.6 Å². The summed E-state index contributed by atoms with van der Waals surface area (Å²) in [5.74, 6) is 0.115. The molecule has 4 aromatic rings. The predicted octanol–water partition coefficient (Wildman–Crippen LogP) is 3.55. The molecule has 0 saturated carbocycles. The molecule has 28 heavy (non-hydrogen) atoms. The first kappa shape index (κ1) is 17.5. The third kappa shape index (κ3) is 3.11. The molecule has 0 aliphatic rings. The molecule has 8 nitrogen and oxygen atoms in total. The largest absolute Gasteiger partial charge is 0.493 e. The summed E-state index contributed by atoms with van der Waals surface area (Å²) in [6.07, 6.45) is 3.57. The van der Waals surface area contributed by atoms with Crippen LogP contribution in [0, 0.1) is 6.92 Å². The van der Waals surface area contributed by atoms with Gasteiger partial charge in [-0.15, -0.1) is 0 Å². The van der Waals surface area contributed by atoms with Crippen LogP contribution in [0.1, 0.15) is 16.1 Å². The van der Waals surface area contributed by atoms with Crippen LogP contribution >= 0.6 is 0 Å². The zero-order valence-electron chi connectivity index (χ0n) is 15.2. The van der Waals surface area contributed by atoms with Crippen molar-refractivity contribution in [2.24, 2.45) is 0 Å². The zero-order valence-corrected chi connectivity index (χ0v) is 15.2. The maximum atomic E-state index is 11.0. The number of ether oxygens (including phenoxy) is 1. The summed E-state index contributed by atoms with van der Waals surface area (Å²) in [6, 6.07) is 12.0. The number of aromatic carboxylic acids is 1. The molecule has 0 unspecified atom stereocenters. The number of nitrogens with one attached hydrogen (secondary N) is 1. The topological polar surface area (TPSA) is 102 Å². The van der Waals surface area contributed by atoms with Crippen LogP contribution in [-0.4, -0.2) is 37.5 Å². The van der Waals surface area contributed by atoms with Crippen LogP contribution in [0.2, 0.25) is 0 Å². The molecule has 3 aromatic heterocycles. The quantitative estimate of drug-likeness (QED) is 0.550. The minimum Gasteiger partial charge on any atom is -0.493 e. The molecule has 8 heteroatoms. The van der Waals surface area contributed by atoms with Gasteiger partial charge in [0.1, 0.15) is 0 Å². The fourth-order valence-corrected chi connectivity index (χ4v) is 3.00. The van der Waals surface area contributed by atoms with Crippen LogP contribution in [0.5, 0.6) is 5.75 Å². The Morgan fingerprint density at radius 3 is 2.64 bits per heavy atom. The van der Waals surface area contributed by atoms with Crippen LogP contribution in [0.3, 0.4) is 0 Å². The Morgan fingerprint density at radius 1 is 1.14 bits per heavy atom. The van der Waals surface area contributed by atoms with E-state index in [2.05, 4.69) is 20.3 Å². The van der Waals surface area contributed by atoms with Crippen molar-refractivity contribution < 1.29 is 14.6 Å². The Balaban J connectivity index is 1.70. The summed E-state index contributed by atoms with van der Waals surface area (Å²) < 4.78 is 7.32. The Kier molecular flexibility index (Phi) is 4.36. The van der Waals surface area contributed by atoms with Crippen molar-refractivity contribution in [1.29, 1.82) is 0 Å². The molecule has 0 saturated heterocycles. The van der Waals surface area contributed by atoms with Crippen LogP contribution in [0.15, 0.2) is 54.9 Å². The molecule has 0 aliphatic carbocycles. The summed E-state index contributed by atoms with van der Waals surface area (Å²) in [6.45, 7) is 1.92. The minimum absolute atomic E-state index is 0.218. The third-order valence-corrected chi connectivity index (χ3v) is 4.29. The van der Waals surface area contributed by atoms with Gasteiger partial charge in [0.2, 0.25) is 5.95 Å². The van der Waals surface area contributed by atoms with Crippen molar-refractivity contribution in [3.63, 3.8) is 0 Å². The average molecular weight is 375 g/mol. The first-order chi connectivity index (χ1) is 13.6. The minimum atomic E-state index is -0.969. The molecule has 0 atom stereocenters. The fourth-order valence-electron chi connectivity index (χ4n) is 3.00. The van der Waals surface area contributed by atoms with Crippen molar-refractivity contribution in [3.05, 3.63) is 66.1 Å². The summed E-state index contributed by atoms with van der Waals surface area (Å²) in [5, 5.41) is 12.1. The molecule has 0 bridgehead atoms. The highest BCUT2D eigenvalue weighted by Crippen LogP contribution is 2.28. The average Bonchev–Trinajstić information content (AvgIpc) is 3.04. The van der Waals surface area contributed by atoms with E-state index in [0.717, 1.165) is 17.0 Å². The van der Waals surface area contributed by atoms with Crippen molar-refractivity contribution in [1.82, 2.24) is 19.4 Å². The molecule has 3 heterocycles. The van der Waals surface area contributed by atoms with Gasteiger partial charge in [-0.3, -0.25) is 4.40 Å². The molecular weight excluding hydrogens is 358 g/mol. The fraction of sp³-hybridized carbons (Fsp3) is 0.100. The van der Waals surface area contributed by atoms with Crippen LogP contribution < -0.4 is 10.1 Å². The summed E-state index contributed by atoms with van der Waals surface area (Å²) in [4.78, 5) is 24.4. The van der Waals surface area contributed by atoms with E-state index in [4.69, 9.17) is 9.84 Å². The normalized spacial score (nSPS) is 10.8. The lowest BCUT2D eigenvalue weighted by Gasteiger charge is -2.08. The molecule has 2 N–H and O–H groups in total. The van der Waals surface area contributed by atoms with E-state index < -0.39 is 5.97 Å². The van der Waals surface area contributed by atoms with E-state index in [-0.39, 0.29) is 5.56 Å². The molecule has 0 fully saturated rings. The smallest absolute Gasteiger partial charge is 0.335 e. The van der Waals surface area contributed by atoms with Crippen LogP contribution in [-0.2, 0) is 0 Å². The number of hydrogen-bond acceptors (Lipinski definition) is 6. The number of benzene rings is 1. The Labute approximate surface area is 160 Å². The number of methoxy groups -OCH3 is 1. The Hall–Kier alpha value is -3.94. The highest BCUT2D eigenvalue weighted by atomic mass is 16.5. The molecule has 140 valence electrons. The van der Waals surface area contributed by atoms with Crippen molar-refractivity contribution in [3.8, 4) is 17.1 Å². The van der Waals surface area contributed by atoms with Gasteiger partial charge in [0.15, 0.2) is 11.4 Å². The number of carbonyl (C=O) groups is 1. The number of nitrogens with zero attached hydrogens (tertiary/aromatic N) is 4. The SMILES string of the molecule is COc1cccn2c(-c3ccnc(Nc4ccc(C(=O)O)cc4)n3)c(C)nc12. The maximum Gasteiger partial charge on any atom is 0.335 e. The van der Waals surface area contributed by atoms with Crippen molar-refractivity contribution in [2.45, 2.75) is 6.92 Å². The third-order valence-electron chi connectivity index (χ3n) is 4.29. The van der Waals surface area contributed by atoms with E-state index >= 15 is 0 Å². The number of rotatable bonds is 5. The lowest BCUT2D eigenvalue weighted by atomic mass is 10.2. The molecule has 0 aliphatic heterocycles. The zero-order chi connectivity index (χ0) is 19.7.